The van der Waals surface area contributed by atoms with Crippen LogP contribution in [0.25, 0.3) is 10.9 Å². The maximum absolute atomic E-state index is 12.0. The van der Waals surface area contributed by atoms with E-state index < -0.39 is 23.1 Å². The number of aromatic nitrogens is 1. The molecule has 6 heteroatoms. The molecule has 2 N–H and O–H groups in total. The summed E-state index contributed by atoms with van der Waals surface area (Å²) in [7, 11) is 4.35. The van der Waals surface area contributed by atoms with Crippen LogP contribution in [0.3, 0.4) is 0 Å². The van der Waals surface area contributed by atoms with E-state index in [0.717, 1.165) is 37.6 Å². The van der Waals surface area contributed by atoms with Crippen LogP contribution in [0.5, 0.6) is 0 Å². The molecule has 2 aliphatic rings. The number of rotatable bonds is 7. The van der Waals surface area contributed by atoms with Gasteiger partial charge in [0.1, 0.15) is 5.60 Å². The number of aliphatic carboxylic acids is 1. The van der Waals surface area contributed by atoms with Gasteiger partial charge < -0.3 is 19.6 Å². The van der Waals surface area contributed by atoms with Gasteiger partial charge in [0.25, 0.3) is 0 Å². The van der Waals surface area contributed by atoms with Crippen molar-refractivity contribution < 1.29 is 19.4 Å². The summed E-state index contributed by atoms with van der Waals surface area (Å²) in [6.07, 6.45) is 3.51. The number of fused-ring (bicyclic) bond motifs is 4. The van der Waals surface area contributed by atoms with Gasteiger partial charge in [-0.3, -0.25) is 4.90 Å². The van der Waals surface area contributed by atoms with Crippen LogP contribution in [0.15, 0.2) is 54.6 Å². The molecule has 2 aromatic carbocycles. The second kappa shape index (κ2) is 10.1. The van der Waals surface area contributed by atoms with Gasteiger partial charge in [0.2, 0.25) is 0 Å². The third-order valence-electron chi connectivity index (χ3n) is 9.03. The van der Waals surface area contributed by atoms with Crippen LogP contribution in [-0.4, -0.2) is 54.4 Å². The van der Waals surface area contributed by atoms with Gasteiger partial charge in [-0.05, 0) is 74.7 Å². The molecule has 5 rings (SSSR count). The zero-order chi connectivity index (χ0) is 27.1. The zero-order valence-electron chi connectivity index (χ0n) is 23.4. The van der Waals surface area contributed by atoms with E-state index in [-0.39, 0.29) is 11.5 Å². The van der Waals surface area contributed by atoms with Gasteiger partial charge in [-0.15, -0.1) is 0 Å². The first kappa shape index (κ1) is 26.9. The number of benzene rings is 2. The predicted molar refractivity (Wildman–Crippen MR) is 150 cm³/mol. The summed E-state index contributed by atoms with van der Waals surface area (Å²) in [6, 6.07) is 19.3. The maximum Gasteiger partial charge on any atom is 0.333 e. The Labute approximate surface area is 226 Å². The fourth-order valence-electron chi connectivity index (χ4n) is 7.05. The summed E-state index contributed by atoms with van der Waals surface area (Å²) < 4.78 is 12.9. The Kier molecular flexibility index (Phi) is 7.18. The first-order chi connectivity index (χ1) is 18.1. The SMILES string of the molecule is CN(C)C1(c2ccccc2)CCC2(OCCc3c2[nH]c2ccccc32)C(CCOC(C(=O)O)C(C)(C)C)C1. The summed E-state index contributed by atoms with van der Waals surface area (Å²) in [6.45, 7) is 6.81. The van der Waals surface area contributed by atoms with E-state index >= 15 is 0 Å². The molecule has 6 nitrogen and oxygen atoms in total. The average molecular weight is 519 g/mol. The number of nitrogens with one attached hydrogen (secondary N) is 1. The largest absolute Gasteiger partial charge is 0.479 e. The minimum Gasteiger partial charge on any atom is -0.479 e. The summed E-state index contributed by atoms with van der Waals surface area (Å²) in [4.78, 5) is 18.1. The Bertz CT molecular complexity index is 1280. The lowest BCUT2D eigenvalue weighted by Gasteiger charge is -2.55. The third kappa shape index (κ3) is 4.57. The number of carboxylic acids is 1. The number of hydrogen-bond acceptors (Lipinski definition) is 4. The van der Waals surface area contributed by atoms with E-state index in [1.807, 2.05) is 20.8 Å². The first-order valence-electron chi connectivity index (χ1n) is 13.9. The van der Waals surface area contributed by atoms with Gasteiger partial charge in [0.15, 0.2) is 6.10 Å². The van der Waals surface area contributed by atoms with E-state index in [1.165, 1.54) is 22.2 Å². The number of ether oxygens (including phenoxy) is 2. The molecule has 1 saturated carbocycles. The average Bonchev–Trinajstić information content (AvgIpc) is 3.27. The van der Waals surface area contributed by atoms with Gasteiger partial charge in [-0.2, -0.15) is 0 Å². The quantitative estimate of drug-likeness (QED) is 0.395. The Morgan fingerprint density at radius 2 is 1.84 bits per heavy atom. The monoisotopic (exact) mass is 518 g/mol. The lowest BCUT2D eigenvalue weighted by Crippen LogP contribution is -2.55. The molecule has 0 saturated heterocycles. The number of carbonyl (C=O) groups is 1. The van der Waals surface area contributed by atoms with Crippen molar-refractivity contribution in [3.05, 3.63) is 71.4 Å². The van der Waals surface area contributed by atoms with E-state index in [9.17, 15) is 9.90 Å². The summed E-state index contributed by atoms with van der Waals surface area (Å²) in [5, 5.41) is 11.1. The van der Waals surface area contributed by atoms with Crippen molar-refractivity contribution >= 4 is 16.9 Å². The van der Waals surface area contributed by atoms with Crippen LogP contribution in [0, 0.1) is 11.3 Å². The minimum atomic E-state index is -0.908. The van der Waals surface area contributed by atoms with E-state index in [0.29, 0.717) is 13.2 Å². The molecule has 4 atom stereocenters. The molecule has 3 aromatic rings. The highest BCUT2D eigenvalue weighted by Gasteiger charge is 2.55. The molecule has 1 aliphatic heterocycles. The van der Waals surface area contributed by atoms with Crippen LogP contribution in [0.1, 0.15) is 63.3 Å². The van der Waals surface area contributed by atoms with Gasteiger partial charge in [-0.1, -0.05) is 69.3 Å². The molecule has 0 amide bonds. The molecule has 1 spiro atoms. The summed E-state index contributed by atoms with van der Waals surface area (Å²) >= 11 is 0. The van der Waals surface area contributed by atoms with Crippen molar-refractivity contribution in [1.82, 2.24) is 9.88 Å². The van der Waals surface area contributed by atoms with Crippen LogP contribution >= 0.6 is 0 Å². The Hall–Kier alpha value is -2.67. The number of hydrogen-bond donors (Lipinski definition) is 2. The fraction of sp³-hybridized carbons (Fsp3) is 0.531. The molecule has 1 aliphatic carbocycles. The number of nitrogens with zero attached hydrogens (tertiary/aromatic N) is 1. The number of para-hydroxylation sites is 1. The van der Waals surface area contributed by atoms with E-state index in [2.05, 4.69) is 78.6 Å². The fourth-order valence-corrected chi connectivity index (χ4v) is 7.05. The lowest BCUT2D eigenvalue weighted by molar-refractivity contribution is -0.168. The molecule has 1 aromatic heterocycles. The van der Waals surface area contributed by atoms with Crippen LogP contribution < -0.4 is 0 Å². The molecule has 0 bridgehead atoms. The van der Waals surface area contributed by atoms with Crippen molar-refractivity contribution in [2.24, 2.45) is 11.3 Å². The number of aromatic amines is 1. The second-order valence-electron chi connectivity index (χ2n) is 12.4. The van der Waals surface area contributed by atoms with Gasteiger partial charge in [0, 0.05) is 23.0 Å². The van der Waals surface area contributed by atoms with Gasteiger partial charge >= 0.3 is 5.97 Å². The third-order valence-corrected chi connectivity index (χ3v) is 9.03. The van der Waals surface area contributed by atoms with Crippen molar-refractivity contribution in [2.45, 2.75) is 70.1 Å². The number of H-pyrrole nitrogens is 1. The van der Waals surface area contributed by atoms with Crippen molar-refractivity contribution in [3.63, 3.8) is 0 Å². The Balaban J connectivity index is 1.54. The molecule has 1 fully saturated rings. The highest BCUT2D eigenvalue weighted by Crippen LogP contribution is 2.56. The molecular weight excluding hydrogens is 476 g/mol. The number of carboxylic acid groups (broad SMARTS) is 1. The first-order valence-corrected chi connectivity index (χ1v) is 13.9. The van der Waals surface area contributed by atoms with Crippen molar-refractivity contribution in [1.29, 1.82) is 0 Å². The highest BCUT2D eigenvalue weighted by molar-refractivity contribution is 5.85. The van der Waals surface area contributed by atoms with Crippen LogP contribution in [0.4, 0.5) is 0 Å². The van der Waals surface area contributed by atoms with E-state index in [1.54, 1.807) is 0 Å². The molecule has 38 heavy (non-hydrogen) atoms. The summed E-state index contributed by atoms with van der Waals surface area (Å²) in [5.74, 6) is -0.769. The normalized spacial score (nSPS) is 26.5. The molecular formula is C32H42N2O4. The second-order valence-corrected chi connectivity index (χ2v) is 12.4. The van der Waals surface area contributed by atoms with Gasteiger partial charge in [-0.25, -0.2) is 4.79 Å². The smallest absolute Gasteiger partial charge is 0.333 e. The van der Waals surface area contributed by atoms with Crippen molar-refractivity contribution in [2.75, 3.05) is 27.3 Å². The summed E-state index contributed by atoms with van der Waals surface area (Å²) in [5.41, 5.74) is 3.97. The maximum atomic E-state index is 12.0. The Morgan fingerprint density at radius 3 is 2.53 bits per heavy atom. The Morgan fingerprint density at radius 1 is 1.13 bits per heavy atom. The van der Waals surface area contributed by atoms with Crippen LogP contribution in [0.2, 0.25) is 0 Å². The van der Waals surface area contributed by atoms with E-state index in [4.69, 9.17) is 9.47 Å². The zero-order valence-corrected chi connectivity index (χ0v) is 23.4. The topological polar surface area (TPSA) is 74.8 Å². The molecule has 4 unspecified atom stereocenters. The predicted octanol–water partition coefficient (Wildman–Crippen LogP) is 6.10. The lowest BCUT2D eigenvalue weighted by atomic mass is 9.61. The molecule has 204 valence electrons. The van der Waals surface area contributed by atoms with Crippen LogP contribution in [-0.2, 0) is 31.8 Å². The van der Waals surface area contributed by atoms with Gasteiger partial charge in [0.05, 0.1) is 12.3 Å². The highest BCUT2D eigenvalue weighted by atomic mass is 16.5. The van der Waals surface area contributed by atoms with Crippen molar-refractivity contribution in [3.8, 4) is 0 Å². The molecule has 2 heterocycles. The molecule has 0 radical (unpaired) electrons. The minimum absolute atomic E-state index is 0.139. The standard InChI is InChI=1S/C32H42N2O4/c1-30(2,3)28(29(35)36)37-19-15-23-21-31(34(4)5,22-11-7-6-8-12-22)17-18-32(23)27-25(16-20-38-32)24-13-9-10-14-26(24)33-27/h6-14,23,28,33H,15-21H2,1-5H3,(H,35,36).